The van der Waals surface area contributed by atoms with Gasteiger partial charge in [0.2, 0.25) is 5.91 Å². The number of carbonyl (C=O) groups excluding carboxylic acids is 3. The lowest BCUT2D eigenvalue weighted by Gasteiger charge is -2.12. The summed E-state index contributed by atoms with van der Waals surface area (Å²) in [5.74, 6) is -2.40. The molecule has 0 unspecified atom stereocenters. The lowest BCUT2D eigenvalue weighted by Crippen LogP contribution is -2.38. The number of nitrogens with zero attached hydrogens (tertiary/aromatic N) is 2. The molecule has 1 aliphatic rings. The van der Waals surface area contributed by atoms with Crippen LogP contribution in [-0.2, 0) is 9.59 Å². The minimum absolute atomic E-state index is 0.00168. The van der Waals surface area contributed by atoms with Gasteiger partial charge in [0.15, 0.2) is 0 Å². The number of aromatic nitrogens is 1. The van der Waals surface area contributed by atoms with E-state index in [2.05, 4.69) is 10.6 Å². The monoisotopic (exact) mass is 450 g/mol. The van der Waals surface area contributed by atoms with Crippen LogP contribution < -0.4 is 10.6 Å². The van der Waals surface area contributed by atoms with E-state index in [-0.39, 0.29) is 17.2 Å². The minimum atomic E-state index is -0.756. The molecule has 9 heteroatoms. The van der Waals surface area contributed by atoms with Gasteiger partial charge in [-0.25, -0.2) is 18.5 Å². The van der Waals surface area contributed by atoms with Gasteiger partial charge in [-0.1, -0.05) is 18.2 Å². The van der Waals surface area contributed by atoms with Gasteiger partial charge in [0.1, 0.15) is 23.9 Å². The smallest absolute Gasteiger partial charge is 0.322 e. The summed E-state index contributed by atoms with van der Waals surface area (Å²) in [7, 11) is 0. The number of benzene rings is 2. The molecule has 0 radical (unpaired) electrons. The van der Waals surface area contributed by atoms with E-state index >= 15 is 0 Å². The quantitative estimate of drug-likeness (QED) is 0.457. The topological polar surface area (TPSA) is 83.4 Å². The van der Waals surface area contributed by atoms with Gasteiger partial charge >= 0.3 is 6.03 Å². The molecule has 7 nitrogen and oxygen atoms in total. The molecule has 0 aliphatic carbocycles. The normalized spacial score (nSPS) is 14.7. The predicted octanol–water partition coefficient (Wildman–Crippen LogP) is 3.90. The van der Waals surface area contributed by atoms with Gasteiger partial charge in [-0.05, 0) is 61.9 Å². The van der Waals surface area contributed by atoms with Crippen LogP contribution in [0.4, 0.5) is 19.3 Å². The molecule has 1 fully saturated rings. The molecule has 0 saturated carbocycles. The number of urea groups is 1. The van der Waals surface area contributed by atoms with Gasteiger partial charge in [0.05, 0.1) is 5.69 Å². The summed E-state index contributed by atoms with van der Waals surface area (Å²) in [6, 6.07) is 12.8. The zero-order chi connectivity index (χ0) is 23.7. The van der Waals surface area contributed by atoms with E-state index in [1.807, 2.05) is 18.4 Å². The van der Waals surface area contributed by atoms with Gasteiger partial charge in [-0.2, -0.15) is 0 Å². The largest absolute Gasteiger partial charge is 0.329 e. The number of nitrogens with one attached hydrogen (secondary N) is 2. The zero-order valence-corrected chi connectivity index (χ0v) is 17.9. The Balaban J connectivity index is 1.54. The Hall–Kier alpha value is -4.27. The maximum absolute atomic E-state index is 13.7. The van der Waals surface area contributed by atoms with E-state index in [0.717, 1.165) is 16.3 Å². The standard InChI is InChI=1S/C24H20F2N4O3/c1-14-10-16(15(2)30(14)18-7-5-6-17(25)12-18)11-21-23(32)29(24(33)28-21)13-22(31)27-20-9-4-3-8-19(20)26/h3-12H,13H2,1-2H3,(H,27,31)(H,28,33)/b21-11+. The summed E-state index contributed by atoms with van der Waals surface area (Å²) in [5.41, 5.74) is 2.78. The van der Waals surface area contributed by atoms with Crippen molar-refractivity contribution in [2.24, 2.45) is 0 Å². The molecular weight excluding hydrogens is 430 g/mol. The summed E-state index contributed by atoms with van der Waals surface area (Å²) in [4.78, 5) is 38.1. The lowest BCUT2D eigenvalue weighted by atomic mass is 10.2. The van der Waals surface area contributed by atoms with Crippen LogP contribution in [0, 0.1) is 25.5 Å². The lowest BCUT2D eigenvalue weighted by molar-refractivity contribution is -0.127. The molecule has 1 aromatic heterocycles. The summed E-state index contributed by atoms with van der Waals surface area (Å²) in [6.45, 7) is 3.08. The van der Waals surface area contributed by atoms with E-state index in [1.165, 1.54) is 36.4 Å². The number of amides is 4. The molecule has 2 N–H and O–H groups in total. The van der Waals surface area contributed by atoms with Crippen molar-refractivity contribution in [1.29, 1.82) is 0 Å². The minimum Gasteiger partial charge on any atom is -0.322 e. The molecule has 3 aromatic rings. The van der Waals surface area contributed by atoms with Crippen molar-refractivity contribution in [1.82, 2.24) is 14.8 Å². The fraction of sp³-hybridized carbons (Fsp3) is 0.125. The highest BCUT2D eigenvalue weighted by Gasteiger charge is 2.35. The van der Waals surface area contributed by atoms with Crippen LogP contribution in [0.1, 0.15) is 17.0 Å². The number of aryl methyl sites for hydroxylation is 1. The van der Waals surface area contributed by atoms with Gasteiger partial charge in [0.25, 0.3) is 5.91 Å². The average molecular weight is 450 g/mol. The molecule has 4 amide bonds. The second-order valence-corrected chi connectivity index (χ2v) is 7.55. The molecular formula is C24H20F2N4O3. The highest BCUT2D eigenvalue weighted by molar-refractivity contribution is 6.16. The maximum atomic E-state index is 13.7. The molecule has 0 spiro atoms. The predicted molar refractivity (Wildman–Crippen MR) is 118 cm³/mol. The van der Waals surface area contributed by atoms with Crippen molar-refractivity contribution in [2.75, 3.05) is 11.9 Å². The third-order valence-electron chi connectivity index (χ3n) is 5.25. The van der Waals surface area contributed by atoms with Crippen LogP contribution in [-0.4, -0.2) is 33.9 Å². The number of para-hydroxylation sites is 1. The second kappa shape index (κ2) is 8.70. The third kappa shape index (κ3) is 4.38. The first-order valence-electron chi connectivity index (χ1n) is 10.1. The molecule has 2 heterocycles. The first kappa shape index (κ1) is 21.9. The van der Waals surface area contributed by atoms with Crippen molar-refractivity contribution in [3.8, 4) is 5.69 Å². The van der Waals surface area contributed by atoms with E-state index in [0.29, 0.717) is 11.3 Å². The fourth-order valence-corrected chi connectivity index (χ4v) is 3.71. The number of anilines is 1. The number of hydrogen-bond donors (Lipinski definition) is 2. The van der Waals surface area contributed by atoms with E-state index in [1.54, 1.807) is 24.3 Å². The Morgan fingerprint density at radius 2 is 1.82 bits per heavy atom. The third-order valence-corrected chi connectivity index (χ3v) is 5.25. The number of imide groups is 1. The zero-order valence-electron chi connectivity index (χ0n) is 17.9. The summed E-state index contributed by atoms with van der Waals surface area (Å²) in [5, 5.41) is 4.81. The number of hydrogen-bond acceptors (Lipinski definition) is 3. The van der Waals surface area contributed by atoms with Crippen molar-refractivity contribution in [3.63, 3.8) is 0 Å². The molecule has 168 valence electrons. The molecule has 0 atom stereocenters. The summed E-state index contributed by atoms with van der Waals surface area (Å²) >= 11 is 0. The van der Waals surface area contributed by atoms with Crippen molar-refractivity contribution in [3.05, 3.63) is 88.9 Å². The number of carbonyl (C=O) groups is 3. The van der Waals surface area contributed by atoms with E-state index in [9.17, 15) is 23.2 Å². The Morgan fingerprint density at radius 1 is 1.06 bits per heavy atom. The van der Waals surface area contributed by atoms with Crippen LogP contribution in [0.5, 0.6) is 0 Å². The van der Waals surface area contributed by atoms with E-state index < -0.39 is 30.2 Å². The average Bonchev–Trinajstić information content (AvgIpc) is 3.19. The molecule has 0 bridgehead atoms. The van der Waals surface area contributed by atoms with Crippen LogP contribution in [0.2, 0.25) is 0 Å². The van der Waals surface area contributed by atoms with E-state index in [4.69, 9.17) is 0 Å². The Morgan fingerprint density at radius 3 is 2.55 bits per heavy atom. The number of rotatable bonds is 5. The SMILES string of the molecule is Cc1cc(/C=C2/NC(=O)N(CC(=O)Nc3ccccc3F)C2=O)c(C)n1-c1cccc(F)c1. The molecule has 1 saturated heterocycles. The summed E-state index contributed by atoms with van der Waals surface area (Å²) in [6.07, 6.45) is 1.51. The van der Waals surface area contributed by atoms with Crippen LogP contribution >= 0.6 is 0 Å². The van der Waals surface area contributed by atoms with Gasteiger partial charge < -0.3 is 15.2 Å². The highest BCUT2D eigenvalue weighted by atomic mass is 19.1. The van der Waals surface area contributed by atoms with Crippen LogP contribution in [0.3, 0.4) is 0 Å². The number of halogens is 2. The molecule has 4 rings (SSSR count). The van der Waals surface area contributed by atoms with Crippen molar-refractivity contribution >= 4 is 29.6 Å². The molecule has 33 heavy (non-hydrogen) atoms. The molecule has 1 aliphatic heterocycles. The van der Waals surface area contributed by atoms with Crippen molar-refractivity contribution in [2.45, 2.75) is 13.8 Å². The van der Waals surface area contributed by atoms with Gasteiger partial charge in [-0.3, -0.25) is 9.59 Å². The first-order chi connectivity index (χ1) is 15.7. The summed E-state index contributed by atoms with van der Waals surface area (Å²) < 4.78 is 29.2. The highest BCUT2D eigenvalue weighted by Crippen LogP contribution is 2.24. The molecule has 2 aromatic carbocycles. The second-order valence-electron chi connectivity index (χ2n) is 7.55. The Labute approximate surface area is 188 Å². The van der Waals surface area contributed by atoms with Crippen LogP contribution in [0.25, 0.3) is 11.8 Å². The van der Waals surface area contributed by atoms with Gasteiger partial charge in [0, 0.05) is 17.1 Å². The van der Waals surface area contributed by atoms with Gasteiger partial charge in [-0.15, -0.1) is 0 Å². The Bertz CT molecular complexity index is 1310. The van der Waals surface area contributed by atoms with Crippen molar-refractivity contribution < 1.29 is 23.2 Å². The fourth-order valence-electron chi connectivity index (χ4n) is 3.71. The maximum Gasteiger partial charge on any atom is 0.329 e. The Kier molecular flexibility index (Phi) is 5.78. The van der Waals surface area contributed by atoms with Crippen LogP contribution in [0.15, 0.2) is 60.3 Å². The first-order valence-corrected chi connectivity index (χ1v) is 10.1.